The lowest BCUT2D eigenvalue weighted by atomic mass is 10.0. The zero-order valence-electron chi connectivity index (χ0n) is 27.4. The van der Waals surface area contributed by atoms with Gasteiger partial charge in [-0.3, -0.25) is 13.9 Å². The van der Waals surface area contributed by atoms with E-state index in [1.165, 1.54) is 17.0 Å². The summed E-state index contributed by atoms with van der Waals surface area (Å²) in [5.41, 5.74) is 3.25. The van der Waals surface area contributed by atoms with Crippen LogP contribution in [-0.4, -0.2) is 50.9 Å². The fourth-order valence-corrected chi connectivity index (χ4v) is 6.82. The molecule has 0 aliphatic carbocycles. The zero-order chi connectivity index (χ0) is 34.1. The number of sulfonamides is 1. The zero-order valence-corrected chi connectivity index (χ0v) is 29.0. The number of aryl methyl sites for hydroxylation is 1. The molecule has 10 heteroatoms. The normalized spacial score (nSPS) is 12.6. The molecule has 47 heavy (non-hydrogen) atoms. The molecule has 0 aliphatic rings. The van der Waals surface area contributed by atoms with E-state index in [1.807, 2.05) is 63.2 Å². The first kappa shape index (κ1) is 35.5. The van der Waals surface area contributed by atoms with E-state index in [4.69, 9.17) is 16.3 Å². The van der Waals surface area contributed by atoms with E-state index in [0.29, 0.717) is 22.8 Å². The van der Waals surface area contributed by atoms with Crippen molar-refractivity contribution in [3.8, 4) is 5.75 Å². The van der Waals surface area contributed by atoms with Crippen LogP contribution < -0.4 is 14.4 Å². The monoisotopic (exact) mass is 675 g/mol. The van der Waals surface area contributed by atoms with Crippen LogP contribution in [0.3, 0.4) is 0 Å². The van der Waals surface area contributed by atoms with Crippen molar-refractivity contribution < 1.29 is 22.7 Å². The Kier molecular flexibility index (Phi) is 12.1. The van der Waals surface area contributed by atoms with Gasteiger partial charge in [-0.2, -0.15) is 0 Å². The summed E-state index contributed by atoms with van der Waals surface area (Å²) in [5.74, 6) is -0.286. The largest absolute Gasteiger partial charge is 0.497 e. The first-order valence-electron chi connectivity index (χ1n) is 15.6. The molecule has 0 spiro atoms. The first-order valence-corrected chi connectivity index (χ1v) is 17.4. The Morgan fingerprint density at radius 2 is 1.55 bits per heavy atom. The number of carbonyl (C=O) groups is 2. The number of ether oxygens (including phenoxy) is 1. The topological polar surface area (TPSA) is 96.0 Å². The van der Waals surface area contributed by atoms with Gasteiger partial charge in [0.25, 0.3) is 10.0 Å². The molecule has 8 nitrogen and oxygen atoms in total. The molecule has 0 radical (unpaired) electrons. The van der Waals surface area contributed by atoms with Crippen LogP contribution in [0.5, 0.6) is 5.75 Å². The lowest BCUT2D eigenvalue weighted by Gasteiger charge is -2.34. The van der Waals surface area contributed by atoms with E-state index in [-0.39, 0.29) is 35.5 Å². The molecular weight excluding hydrogens is 634 g/mol. The molecule has 248 valence electrons. The van der Waals surface area contributed by atoms with Gasteiger partial charge in [-0.25, -0.2) is 8.42 Å². The van der Waals surface area contributed by atoms with Crippen molar-refractivity contribution in [1.82, 2.24) is 10.2 Å². The number of hydrogen-bond acceptors (Lipinski definition) is 5. The number of rotatable bonds is 14. The summed E-state index contributed by atoms with van der Waals surface area (Å²) >= 11 is 6.47. The molecule has 4 rings (SSSR count). The highest BCUT2D eigenvalue weighted by atomic mass is 35.5. The van der Waals surface area contributed by atoms with Crippen LogP contribution in [0.2, 0.25) is 5.02 Å². The summed E-state index contributed by atoms with van der Waals surface area (Å²) in [4.78, 5) is 30.2. The van der Waals surface area contributed by atoms with Crippen LogP contribution in [0.25, 0.3) is 0 Å². The van der Waals surface area contributed by atoms with Crippen molar-refractivity contribution in [2.75, 3.05) is 18.0 Å². The molecule has 2 atom stereocenters. The molecule has 4 aromatic rings. The minimum absolute atomic E-state index is 0.0324. The van der Waals surface area contributed by atoms with Gasteiger partial charge in [-0.05, 0) is 80.3 Å². The van der Waals surface area contributed by atoms with Crippen molar-refractivity contribution >= 4 is 39.1 Å². The summed E-state index contributed by atoms with van der Waals surface area (Å²) in [5, 5.41) is 3.41. The minimum Gasteiger partial charge on any atom is -0.497 e. The van der Waals surface area contributed by atoms with Crippen molar-refractivity contribution in [2.45, 2.75) is 64.1 Å². The van der Waals surface area contributed by atoms with Crippen LogP contribution in [0, 0.1) is 13.8 Å². The third-order valence-corrected chi connectivity index (χ3v) is 10.3. The van der Waals surface area contributed by atoms with Gasteiger partial charge in [0.15, 0.2) is 0 Å². The van der Waals surface area contributed by atoms with Crippen molar-refractivity contribution in [3.63, 3.8) is 0 Å². The number of amides is 2. The van der Waals surface area contributed by atoms with Gasteiger partial charge in [0.2, 0.25) is 11.8 Å². The fourth-order valence-electron chi connectivity index (χ4n) is 5.18. The number of nitrogens with one attached hydrogen (secondary N) is 1. The molecule has 2 amide bonds. The maximum atomic E-state index is 14.7. The van der Waals surface area contributed by atoms with Gasteiger partial charge in [-0.15, -0.1) is 0 Å². The predicted octanol–water partition coefficient (Wildman–Crippen LogP) is 6.72. The molecule has 0 fully saturated rings. The average molecular weight is 676 g/mol. The Hall–Kier alpha value is -4.34. The second-order valence-corrected chi connectivity index (χ2v) is 13.9. The Morgan fingerprint density at radius 3 is 2.21 bits per heavy atom. The lowest BCUT2D eigenvalue weighted by Crippen LogP contribution is -2.54. The first-order chi connectivity index (χ1) is 22.4. The number of benzene rings is 4. The molecule has 4 aromatic carbocycles. The maximum absolute atomic E-state index is 14.7. The van der Waals surface area contributed by atoms with Crippen molar-refractivity contribution in [1.29, 1.82) is 0 Å². The molecule has 0 unspecified atom stereocenters. The highest BCUT2D eigenvalue weighted by molar-refractivity contribution is 7.92. The number of anilines is 1. The summed E-state index contributed by atoms with van der Waals surface area (Å²) in [6, 6.07) is 27.0. The molecule has 0 saturated carbocycles. The molecule has 0 aliphatic heterocycles. The molecule has 1 N–H and O–H groups in total. The van der Waals surface area contributed by atoms with Gasteiger partial charge >= 0.3 is 0 Å². The summed E-state index contributed by atoms with van der Waals surface area (Å²) in [6.07, 6.45) is 0.921. The van der Waals surface area contributed by atoms with Crippen LogP contribution >= 0.6 is 11.6 Å². The van der Waals surface area contributed by atoms with Crippen molar-refractivity contribution in [2.24, 2.45) is 0 Å². The number of hydrogen-bond donors (Lipinski definition) is 1. The number of halogens is 1. The van der Waals surface area contributed by atoms with E-state index >= 15 is 0 Å². The Labute approximate surface area is 283 Å². The van der Waals surface area contributed by atoms with Crippen LogP contribution in [-0.2, 0) is 32.6 Å². The number of nitrogens with zero attached hydrogens (tertiary/aromatic N) is 2. The SMILES string of the molecule is CC[C@@H](C)NC(=O)[C@H](Cc1ccccc1)N(Cc1cccc(OC)c1)C(=O)CN(c1cccc(Cl)c1C)S(=O)(=O)c1ccc(C)cc1. The van der Waals surface area contributed by atoms with Gasteiger partial charge < -0.3 is 15.0 Å². The molecule has 0 aromatic heterocycles. The smallest absolute Gasteiger partial charge is 0.264 e. The fraction of sp³-hybridized carbons (Fsp3) is 0.297. The molecular formula is C37H42ClN3O5S. The molecule has 0 saturated heterocycles. The standard InChI is InChI=1S/C37H42ClN3O5S/c1-6-27(3)39-37(43)35(23-29-12-8-7-9-13-29)40(24-30-14-10-15-31(22-30)46-5)36(42)25-41(34-17-11-16-33(38)28(34)4)47(44,45)32-20-18-26(2)19-21-32/h7-22,27,35H,6,23-25H2,1-5H3,(H,39,43)/t27-,35+/m1/s1. The Balaban J connectivity index is 1.85. The van der Waals surface area contributed by atoms with Gasteiger partial charge in [0.1, 0.15) is 18.3 Å². The van der Waals surface area contributed by atoms with E-state index in [1.54, 1.807) is 56.5 Å². The molecule has 0 heterocycles. The third kappa shape index (κ3) is 8.93. The third-order valence-electron chi connectivity index (χ3n) is 8.15. The second kappa shape index (κ2) is 16.0. The van der Waals surface area contributed by atoms with E-state index in [9.17, 15) is 18.0 Å². The summed E-state index contributed by atoms with van der Waals surface area (Å²) in [7, 11) is -2.69. The van der Waals surface area contributed by atoms with Crippen LogP contribution in [0.1, 0.15) is 42.5 Å². The Morgan fingerprint density at radius 1 is 0.894 bits per heavy atom. The highest BCUT2D eigenvalue weighted by Crippen LogP contribution is 2.31. The molecule has 0 bridgehead atoms. The number of carbonyl (C=O) groups excluding carboxylic acids is 2. The van der Waals surface area contributed by atoms with E-state index in [0.717, 1.165) is 21.0 Å². The van der Waals surface area contributed by atoms with E-state index < -0.39 is 28.5 Å². The summed E-state index contributed by atoms with van der Waals surface area (Å²) in [6.45, 7) is 6.93. The Bertz CT molecular complexity index is 1780. The van der Waals surface area contributed by atoms with Crippen molar-refractivity contribution in [3.05, 3.63) is 124 Å². The minimum atomic E-state index is -4.24. The van der Waals surface area contributed by atoms with Gasteiger partial charge in [0, 0.05) is 24.0 Å². The van der Waals surface area contributed by atoms with E-state index in [2.05, 4.69) is 5.32 Å². The van der Waals surface area contributed by atoms with Gasteiger partial charge in [0.05, 0.1) is 17.7 Å². The second-order valence-electron chi connectivity index (χ2n) is 11.6. The van der Waals surface area contributed by atoms with Crippen LogP contribution in [0.4, 0.5) is 5.69 Å². The lowest BCUT2D eigenvalue weighted by molar-refractivity contribution is -0.140. The average Bonchev–Trinajstić information content (AvgIpc) is 3.07. The predicted molar refractivity (Wildman–Crippen MR) is 187 cm³/mol. The quantitative estimate of drug-likeness (QED) is 0.160. The highest BCUT2D eigenvalue weighted by Gasteiger charge is 2.35. The van der Waals surface area contributed by atoms with Gasteiger partial charge in [-0.1, -0.05) is 84.8 Å². The summed E-state index contributed by atoms with van der Waals surface area (Å²) < 4.78 is 35.1. The van der Waals surface area contributed by atoms with Crippen LogP contribution in [0.15, 0.2) is 102 Å². The number of methoxy groups -OCH3 is 1. The maximum Gasteiger partial charge on any atom is 0.264 e.